The number of phenols is 1. The Morgan fingerprint density at radius 3 is 2.33 bits per heavy atom. The van der Waals surface area contributed by atoms with Crippen LogP contribution in [0.15, 0.2) is 36.4 Å². The summed E-state index contributed by atoms with van der Waals surface area (Å²) in [5, 5.41) is 11.8. The van der Waals surface area contributed by atoms with Gasteiger partial charge in [-0.2, -0.15) is 0 Å². The maximum Gasteiger partial charge on any atom is 0.168 e. The SMILES string of the molecule is Oc1ccc2cc(C3CCC4(CC3)OCCO4)ccc2c1. The van der Waals surface area contributed by atoms with E-state index in [0.717, 1.165) is 44.3 Å². The third-order valence-corrected chi connectivity index (χ3v) is 4.88. The van der Waals surface area contributed by atoms with Crippen LogP contribution in [0, 0.1) is 0 Å². The number of phenolic OH excluding ortho intramolecular Hbond substituents is 1. The fraction of sp³-hybridized carbons (Fsp3) is 0.444. The van der Waals surface area contributed by atoms with Gasteiger partial charge in [-0.1, -0.05) is 24.3 Å². The van der Waals surface area contributed by atoms with Crippen molar-refractivity contribution >= 4 is 10.8 Å². The van der Waals surface area contributed by atoms with Crippen molar-refractivity contribution in [2.75, 3.05) is 13.2 Å². The van der Waals surface area contributed by atoms with E-state index >= 15 is 0 Å². The van der Waals surface area contributed by atoms with Crippen molar-refractivity contribution in [3.63, 3.8) is 0 Å². The van der Waals surface area contributed by atoms with Crippen LogP contribution < -0.4 is 0 Å². The molecule has 2 aromatic carbocycles. The number of fused-ring (bicyclic) bond motifs is 1. The van der Waals surface area contributed by atoms with Crippen molar-refractivity contribution in [3.05, 3.63) is 42.0 Å². The van der Waals surface area contributed by atoms with Gasteiger partial charge in [0, 0.05) is 12.8 Å². The Bertz CT molecular complexity index is 649. The zero-order valence-electron chi connectivity index (χ0n) is 12.0. The van der Waals surface area contributed by atoms with E-state index in [0.29, 0.717) is 11.7 Å². The topological polar surface area (TPSA) is 38.7 Å². The Morgan fingerprint density at radius 2 is 1.57 bits per heavy atom. The molecule has 0 aromatic heterocycles. The molecule has 1 aliphatic heterocycles. The first-order valence-corrected chi connectivity index (χ1v) is 7.75. The Labute approximate surface area is 124 Å². The summed E-state index contributed by atoms with van der Waals surface area (Å²) in [7, 11) is 0. The first-order valence-electron chi connectivity index (χ1n) is 7.75. The molecule has 21 heavy (non-hydrogen) atoms. The number of aromatic hydroxyl groups is 1. The molecule has 110 valence electrons. The second kappa shape index (κ2) is 5.00. The van der Waals surface area contributed by atoms with Crippen LogP contribution in [-0.2, 0) is 9.47 Å². The van der Waals surface area contributed by atoms with E-state index in [2.05, 4.69) is 18.2 Å². The van der Waals surface area contributed by atoms with Crippen molar-refractivity contribution in [3.8, 4) is 5.75 Å². The van der Waals surface area contributed by atoms with Gasteiger partial charge < -0.3 is 14.6 Å². The van der Waals surface area contributed by atoms with Gasteiger partial charge in [-0.15, -0.1) is 0 Å². The van der Waals surface area contributed by atoms with Crippen molar-refractivity contribution in [2.45, 2.75) is 37.4 Å². The van der Waals surface area contributed by atoms with Crippen LogP contribution in [0.4, 0.5) is 0 Å². The first kappa shape index (κ1) is 13.1. The predicted molar refractivity (Wildman–Crippen MR) is 81.5 cm³/mol. The van der Waals surface area contributed by atoms with Gasteiger partial charge in [-0.25, -0.2) is 0 Å². The lowest BCUT2D eigenvalue weighted by molar-refractivity contribution is -0.178. The highest BCUT2D eigenvalue weighted by molar-refractivity contribution is 5.84. The van der Waals surface area contributed by atoms with Crippen molar-refractivity contribution in [1.29, 1.82) is 0 Å². The molecule has 2 aromatic rings. The third kappa shape index (κ3) is 2.41. The summed E-state index contributed by atoms with van der Waals surface area (Å²) < 4.78 is 11.6. The number of ether oxygens (including phenoxy) is 2. The van der Waals surface area contributed by atoms with Gasteiger partial charge in [-0.05, 0) is 47.2 Å². The maximum atomic E-state index is 9.54. The Hall–Kier alpha value is -1.58. The second-order valence-electron chi connectivity index (χ2n) is 6.17. The monoisotopic (exact) mass is 284 g/mol. The molecular formula is C18H20O3. The summed E-state index contributed by atoms with van der Waals surface area (Å²) in [6.07, 6.45) is 4.21. The average molecular weight is 284 g/mol. The zero-order chi connectivity index (χ0) is 14.3. The van der Waals surface area contributed by atoms with Crippen LogP contribution in [0.3, 0.4) is 0 Å². The van der Waals surface area contributed by atoms with E-state index < -0.39 is 0 Å². The van der Waals surface area contributed by atoms with Gasteiger partial charge in [0.2, 0.25) is 0 Å². The predicted octanol–water partition coefficient (Wildman–Crippen LogP) is 3.95. The molecule has 1 N–H and O–H groups in total. The maximum absolute atomic E-state index is 9.54. The van der Waals surface area contributed by atoms with Gasteiger partial charge in [-0.3, -0.25) is 0 Å². The number of hydrogen-bond acceptors (Lipinski definition) is 3. The molecule has 3 nitrogen and oxygen atoms in total. The standard InChI is InChI=1S/C18H20O3/c19-17-4-3-15-11-14(1-2-16(15)12-17)13-5-7-18(8-6-13)20-9-10-21-18/h1-4,11-13,19H,5-10H2. The van der Waals surface area contributed by atoms with Crippen LogP contribution in [0.2, 0.25) is 0 Å². The van der Waals surface area contributed by atoms with Crippen LogP contribution >= 0.6 is 0 Å². The fourth-order valence-electron chi connectivity index (χ4n) is 3.68. The number of rotatable bonds is 1. The molecule has 0 amide bonds. The molecule has 1 saturated carbocycles. The second-order valence-corrected chi connectivity index (χ2v) is 6.17. The van der Waals surface area contributed by atoms with Crippen LogP contribution in [-0.4, -0.2) is 24.1 Å². The van der Waals surface area contributed by atoms with Crippen molar-refractivity contribution < 1.29 is 14.6 Å². The minimum Gasteiger partial charge on any atom is -0.508 e. The van der Waals surface area contributed by atoms with E-state index in [4.69, 9.17) is 9.47 Å². The van der Waals surface area contributed by atoms with Crippen LogP contribution in [0.5, 0.6) is 5.75 Å². The van der Waals surface area contributed by atoms with Crippen molar-refractivity contribution in [2.24, 2.45) is 0 Å². The molecule has 1 aliphatic carbocycles. The highest BCUT2D eigenvalue weighted by Gasteiger charge is 2.40. The molecule has 0 bridgehead atoms. The summed E-state index contributed by atoms with van der Waals surface area (Å²) in [5.74, 6) is 0.631. The minimum atomic E-state index is -0.279. The molecule has 2 fully saturated rings. The molecule has 1 spiro atoms. The normalized spacial score (nSPS) is 22.1. The molecule has 0 unspecified atom stereocenters. The fourth-order valence-corrected chi connectivity index (χ4v) is 3.68. The third-order valence-electron chi connectivity index (χ3n) is 4.88. The molecule has 0 atom stereocenters. The molecule has 1 heterocycles. The summed E-state index contributed by atoms with van der Waals surface area (Å²) in [6, 6.07) is 12.1. The van der Waals surface area contributed by atoms with E-state index in [1.807, 2.05) is 12.1 Å². The molecule has 0 radical (unpaired) electrons. The largest absolute Gasteiger partial charge is 0.508 e. The van der Waals surface area contributed by atoms with Gasteiger partial charge in [0.15, 0.2) is 5.79 Å². The average Bonchev–Trinajstić information content (AvgIpc) is 2.96. The number of benzene rings is 2. The Kier molecular flexibility index (Phi) is 3.12. The highest BCUT2D eigenvalue weighted by Crippen LogP contribution is 2.42. The number of hydrogen-bond donors (Lipinski definition) is 1. The molecule has 3 heteroatoms. The molecule has 4 rings (SSSR count). The lowest BCUT2D eigenvalue weighted by Crippen LogP contribution is -2.34. The molecule has 1 saturated heterocycles. The lowest BCUT2D eigenvalue weighted by Gasteiger charge is -2.35. The van der Waals surface area contributed by atoms with Gasteiger partial charge in [0.05, 0.1) is 13.2 Å². The van der Waals surface area contributed by atoms with Gasteiger partial charge in [0.25, 0.3) is 0 Å². The Balaban J connectivity index is 1.55. The van der Waals surface area contributed by atoms with Crippen LogP contribution in [0.25, 0.3) is 10.8 Å². The Morgan fingerprint density at radius 1 is 0.905 bits per heavy atom. The summed E-state index contributed by atoms with van der Waals surface area (Å²) in [5.41, 5.74) is 1.39. The molecule has 2 aliphatic rings. The lowest BCUT2D eigenvalue weighted by atomic mass is 9.80. The first-order chi connectivity index (χ1) is 10.2. The van der Waals surface area contributed by atoms with Crippen molar-refractivity contribution in [1.82, 2.24) is 0 Å². The van der Waals surface area contributed by atoms with E-state index in [1.165, 1.54) is 10.9 Å². The smallest absolute Gasteiger partial charge is 0.168 e. The van der Waals surface area contributed by atoms with Gasteiger partial charge in [0.1, 0.15) is 5.75 Å². The van der Waals surface area contributed by atoms with E-state index in [9.17, 15) is 5.11 Å². The highest BCUT2D eigenvalue weighted by atomic mass is 16.7. The summed E-state index contributed by atoms with van der Waals surface area (Å²) in [4.78, 5) is 0. The summed E-state index contributed by atoms with van der Waals surface area (Å²) in [6.45, 7) is 1.48. The minimum absolute atomic E-state index is 0.279. The van der Waals surface area contributed by atoms with Crippen LogP contribution in [0.1, 0.15) is 37.2 Å². The van der Waals surface area contributed by atoms with Gasteiger partial charge >= 0.3 is 0 Å². The quantitative estimate of drug-likeness (QED) is 0.862. The van der Waals surface area contributed by atoms with E-state index in [1.54, 1.807) is 6.07 Å². The van der Waals surface area contributed by atoms with E-state index in [-0.39, 0.29) is 5.79 Å². The zero-order valence-corrected chi connectivity index (χ0v) is 12.0. The summed E-state index contributed by atoms with van der Waals surface area (Å²) >= 11 is 0. The molecular weight excluding hydrogens is 264 g/mol.